The number of amides is 1. The number of phenols is 1. The quantitative estimate of drug-likeness (QED) is 0.597. The smallest absolute Gasteiger partial charge is 0.223 e. The lowest BCUT2D eigenvalue weighted by Gasteiger charge is -2.64. The SMILES string of the molecule is Cc1ccc(CCC(=O)N(CC(C)C)C2CC[C@@]3(O)[C@H]4Cc5ccc(O)c6c5[C@@]3(CCN4C)C2O6)cc1C. The van der Waals surface area contributed by atoms with E-state index in [4.69, 9.17) is 4.74 Å². The Morgan fingerprint density at radius 2 is 1.97 bits per heavy atom. The molecule has 204 valence electrons. The summed E-state index contributed by atoms with van der Waals surface area (Å²) in [5.41, 5.74) is 4.32. The normalized spacial score (nSPS) is 31.2. The average molecular weight is 519 g/mol. The Labute approximate surface area is 226 Å². The Bertz CT molecular complexity index is 1270. The zero-order valence-corrected chi connectivity index (χ0v) is 23.5. The number of hydrogen-bond donors (Lipinski definition) is 2. The molecule has 2 heterocycles. The van der Waals surface area contributed by atoms with E-state index in [9.17, 15) is 15.0 Å². The van der Waals surface area contributed by atoms with Crippen LogP contribution in [0.4, 0.5) is 0 Å². The van der Waals surface area contributed by atoms with Gasteiger partial charge >= 0.3 is 0 Å². The molecule has 6 rings (SSSR count). The number of benzene rings is 2. The van der Waals surface area contributed by atoms with Gasteiger partial charge in [0.2, 0.25) is 5.91 Å². The number of aromatic hydroxyl groups is 1. The van der Waals surface area contributed by atoms with Crippen LogP contribution in [0.3, 0.4) is 0 Å². The monoisotopic (exact) mass is 518 g/mol. The standard InChI is InChI=1S/C32H42N2O4/c1-19(2)18-34(27(36)11-8-22-7-6-20(3)21(4)16-22)24-12-13-32(37)26-17-23-9-10-25(35)29-28(23)31(32,30(24)38-29)14-15-33(26)5/h6-7,9-10,16,19,24,26,30,35,37H,8,11-15,17-18H2,1-5H3/t24?,26-,30?,31+,32-/m1/s1. The first-order chi connectivity index (χ1) is 18.1. The summed E-state index contributed by atoms with van der Waals surface area (Å²) in [6.45, 7) is 10.1. The summed E-state index contributed by atoms with van der Waals surface area (Å²) in [6, 6.07) is 10.1. The second kappa shape index (κ2) is 8.99. The second-order valence-electron chi connectivity index (χ2n) is 12.8. The highest BCUT2D eigenvalue weighted by molar-refractivity contribution is 5.77. The number of carbonyl (C=O) groups excluding carboxylic acids is 1. The number of ether oxygens (including phenoxy) is 1. The number of nitrogens with zero attached hydrogens (tertiary/aromatic N) is 2. The fourth-order valence-electron chi connectivity index (χ4n) is 8.22. The molecule has 38 heavy (non-hydrogen) atoms. The maximum absolute atomic E-state index is 13.9. The molecule has 1 spiro atoms. The van der Waals surface area contributed by atoms with Gasteiger partial charge in [-0.2, -0.15) is 0 Å². The van der Waals surface area contributed by atoms with E-state index in [-0.39, 0.29) is 29.8 Å². The molecular formula is C32H42N2O4. The van der Waals surface area contributed by atoms with Crippen molar-refractivity contribution in [1.82, 2.24) is 9.80 Å². The lowest BCUT2D eigenvalue weighted by molar-refractivity contribution is -0.198. The lowest BCUT2D eigenvalue weighted by Crippen LogP contribution is -2.78. The third-order valence-electron chi connectivity index (χ3n) is 10.2. The van der Waals surface area contributed by atoms with Gasteiger partial charge in [-0.15, -0.1) is 0 Å². The van der Waals surface area contributed by atoms with Crippen molar-refractivity contribution in [2.75, 3.05) is 20.1 Å². The van der Waals surface area contributed by atoms with Crippen molar-refractivity contribution in [2.24, 2.45) is 5.92 Å². The molecule has 1 amide bonds. The third-order valence-corrected chi connectivity index (χ3v) is 10.2. The topological polar surface area (TPSA) is 73.2 Å². The van der Waals surface area contributed by atoms with Crippen molar-refractivity contribution < 1.29 is 19.7 Å². The second-order valence-corrected chi connectivity index (χ2v) is 12.8. The molecule has 2 unspecified atom stereocenters. The molecule has 5 atom stereocenters. The summed E-state index contributed by atoms with van der Waals surface area (Å²) < 4.78 is 6.70. The number of aryl methyl sites for hydroxylation is 3. The van der Waals surface area contributed by atoms with Crippen LogP contribution in [0.25, 0.3) is 0 Å². The van der Waals surface area contributed by atoms with Gasteiger partial charge in [0.25, 0.3) is 0 Å². The highest BCUT2D eigenvalue weighted by atomic mass is 16.5. The fraction of sp³-hybridized carbons (Fsp3) is 0.594. The molecule has 2 aromatic carbocycles. The van der Waals surface area contributed by atoms with E-state index in [1.54, 1.807) is 6.07 Å². The molecule has 2 aliphatic heterocycles. The first-order valence-electron chi connectivity index (χ1n) is 14.4. The van der Waals surface area contributed by atoms with E-state index < -0.39 is 11.0 Å². The molecule has 6 nitrogen and oxygen atoms in total. The molecule has 4 aliphatic rings. The first kappa shape index (κ1) is 25.7. The van der Waals surface area contributed by atoms with Crippen molar-refractivity contribution >= 4 is 5.91 Å². The average Bonchev–Trinajstić information content (AvgIpc) is 3.23. The minimum Gasteiger partial charge on any atom is -0.504 e. The number of piperidine rings is 1. The van der Waals surface area contributed by atoms with Crippen LogP contribution in [0.1, 0.15) is 67.3 Å². The lowest BCUT2D eigenvalue weighted by atomic mass is 9.48. The highest BCUT2D eigenvalue weighted by Crippen LogP contribution is 2.65. The van der Waals surface area contributed by atoms with Crippen molar-refractivity contribution in [3.63, 3.8) is 0 Å². The van der Waals surface area contributed by atoms with Crippen LogP contribution in [0.5, 0.6) is 11.5 Å². The van der Waals surface area contributed by atoms with E-state index in [1.807, 2.05) is 6.07 Å². The number of likely N-dealkylation sites (N-methyl/N-ethyl adjacent to an activating group) is 1. The molecule has 2 fully saturated rings. The van der Waals surface area contributed by atoms with Crippen LogP contribution in [0.15, 0.2) is 30.3 Å². The van der Waals surface area contributed by atoms with Gasteiger partial charge in [-0.05, 0) is 93.8 Å². The van der Waals surface area contributed by atoms with E-state index >= 15 is 0 Å². The van der Waals surface area contributed by atoms with Gasteiger partial charge in [0, 0.05) is 24.6 Å². The molecule has 2 aromatic rings. The zero-order valence-electron chi connectivity index (χ0n) is 23.5. The molecule has 6 heteroatoms. The van der Waals surface area contributed by atoms with Gasteiger partial charge < -0.3 is 24.7 Å². The first-order valence-corrected chi connectivity index (χ1v) is 14.4. The largest absolute Gasteiger partial charge is 0.504 e. The predicted molar refractivity (Wildman–Crippen MR) is 148 cm³/mol. The van der Waals surface area contributed by atoms with Crippen molar-refractivity contribution in [1.29, 1.82) is 0 Å². The molecule has 0 aromatic heterocycles. The van der Waals surface area contributed by atoms with Crippen LogP contribution in [0.2, 0.25) is 0 Å². The van der Waals surface area contributed by atoms with Crippen LogP contribution in [-0.2, 0) is 23.1 Å². The Morgan fingerprint density at radius 3 is 2.71 bits per heavy atom. The summed E-state index contributed by atoms with van der Waals surface area (Å²) in [4.78, 5) is 18.3. The predicted octanol–water partition coefficient (Wildman–Crippen LogP) is 4.28. The van der Waals surface area contributed by atoms with Crippen LogP contribution >= 0.6 is 0 Å². The molecular weight excluding hydrogens is 476 g/mol. The molecule has 1 saturated heterocycles. The van der Waals surface area contributed by atoms with Gasteiger partial charge in [-0.1, -0.05) is 38.1 Å². The fourth-order valence-corrected chi connectivity index (χ4v) is 8.22. The Balaban J connectivity index is 1.36. The molecule has 2 bridgehead atoms. The summed E-state index contributed by atoms with van der Waals surface area (Å²) >= 11 is 0. The number of carbonyl (C=O) groups is 1. The van der Waals surface area contributed by atoms with Crippen LogP contribution in [-0.4, -0.2) is 69.8 Å². The number of likely N-dealkylation sites (tertiary alicyclic amines) is 1. The molecule has 0 radical (unpaired) electrons. The van der Waals surface area contributed by atoms with E-state index in [0.717, 1.165) is 24.9 Å². The summed E-state index contributed by atoms with van der Waals surface area (Å²) in [6.07, 6.45) is 3.62. The van der Waals surface area contributed by atoms with Crippen molar-refractivity contribution in [3.05, 3.63) is 58.1 Å². The van der Waals surface area contributed by atoms with Gasteiger partial charge in [-0.3, -0.25) is 4.79 Å². The van der Waals surface area contributed by atoms with E-state index in [1.165, 1.54) is 22.3 Å². The third kappa shape index (κ3) is 3.56. The van der Waals surface area contributed by atoms with Crippen molar-refractivity contribution in [2.45, 2.75) is 95.4 Å². The summed E-state index contributed by atoms with van der Waals surface area (Å²) in [7, 11) is 2.11. The van der Waals surface area contributed by atoms with Gasteiger partial charge in [0.1, 0.15) is 6.10 Å². The Kier molecular flexibility index (Phi) is 6.08. The number of hydrogen-bond acceptors (Lipinski definition) is 5. The van der Waals surface area contributed by atoms with Gasteiger partial charge in [0.15, 0.2) is 11.5 Å². The highest BCUT2D eigenvalue weighted by Gasteiger charge is 2.73. The van der Waals surface area contributed by atoms with E-state index in [2.05, 4.69) is 62.7 Å². The maximum atomic E-state index is 13.9. The summed E-state index contributed by atoms with van der Waals surface area (Å²) in [5, 5.41) is 23.4. The summed E-state index contributed by atoms with van der Waals surface area (Å²) in [5.74, 6) is 1.13. The molecule has 2 aliphatic carbocycles. The Hall–Kier alpha value is -2.57. The number of phenolic OH excluding ortho intramolecular Hbond substituents is 1. The molecule has 1 saturated carbocycles. The number of aliphatic hydroxyl groups is 1. The number of rotatable bonds is 6. The minimum absolute atomic E-state index is 0.00493. The van der Waals surface area contributed by atoms with Gasteiger partial charge in [-0.25, -0.2) is 0 Å². The minimum atomic E-state index is -0.945. The van der Waals surface area contributed by atoms with Crippen LogP contribution < -0.4 is 4.74 Å². The zero-order chi connectivity index (χ0) is 27.0. The molecule has 2 N–H and O–H groups in total. The maximum Gasteiger partial charge on any atom is 0.223 e. The van der Waals surface area contributed by atoms with Crippen LogP contribution in [0, 0.1) is 19.8 Å². The van der Waals surface area contributed by atoms with E-state index in [0.29, 0.717) is 43.9 Å². The van der Waals surface area contributed by atoms with Gasteiger partial charge in [0.05, 0.1) is 17.1 Å². The van der Waals surface area contributed by atoms with Crippen molar-refractivity contribution in [3.8, 4) is 11.5 Å². The Morgan fingerprint density at radius 1 is 1.18 bits per heavy atom.